The van der Waals surface area contributed by atoms with Gasteiger partial charge in [-0.2, -0.15) is 4.98 Å². The lowest BCUT2D eigenvalue weighted by atomic mass is 10.3. The van der Waals surface area contributed by atoms with Crippen molar-refractivity contribution >= 4 is 11.9 Å². The molecule has 0 fully saturated rings. The highest BCUT2D eigenvalue weighted by molar-refractivity contribution is 5.66. The van der Waals surface area contributed by atoms with E-state index in [0.717, 1.165) is 11.4 Å². The van der Waals surface area contributed by atoms with Crippen molar-refractivity contribution in [3.63, 3.8) is 0 Å². The van der Waals surface area contributed by atoms with Crippen molar-refractivity contribution in [2.75, 3.05) is 7.11 Å². The van der Waals surface area contributed by atoms with E-state index in [0.29, 0.717) is 5.88 Å². The first-order valence-electron chi connectivity index (χ1n) is 3.32. The highest BCUT2D eigenvalue weighted by Gasteiger charge is 2.07. The van der Waals surface area contributed by atoms with Gasteiger partial charge in [-0.05, 0) is 12.1 Å². The van der Waals surface area contributed by atoms with Gasteiger partial charge in [-0.1, -0.05) is 0 Å². The van der Waals surface area contributed by atoms with Crippen molar-refractivity contribution in [3.05, 3.63) is 23.9 Å². The first-order valence-corrected chi connectivity index (χ1v) is 3.32. The van der Waals surface area contributed by atoms with Crippen molar-refractivity contribution in [1.82, 2.24) is 10.3 Å². The summed E-state index contributed by atoms with van der Waals surface area (Å²) in [6.45, 7) is 0. The van der Waals surface area contributed by atoms with E-state index in [1.54, 1.807) is 13.3 Å². The second-order valence-corrected chi connectivity index (χ2v) is 2.21. The van der Waals surface area contributed by atoms with Crippen LogP contribution in [-0.4, -0.2) is 12.1 Å². The fourth-order valence-electron chi connectivity index (χ4n) is 0.977. The highest BCUT2D eigenvalue weighted by Crippen LogP contribution is 2.22. The topological polar surface area (TPSA) is 36.2 Å². The van der Waals surface area contributed by atoms with Crippen molar-refractivity contribution in [3.8, 4) is 5.88 Å². The molecule has 0 aliphatic carbocycles. The minimum Gasteiger partial charge on any atom is -0.481 e. The molecule has 0 unspecified atom stereocenters. The van der Waals surface area contributed by atoms with Crippen LogP contribution in [0.2, 0.25) is 0 Å². The second kappa shape index (κ2) is 2.27. The summed E-state index contributed by atoms with van der Waals surface area (Å²) in [6, 6.07) is 3.76. The van der Waals surface area contributed by atoms with Crippen molar-refractivity contribution in [1.29, 1.82) is 0 Å². The largest absolute Gasteiger partial charge is 0.481 e. The van der Waals surface area contributed by atoms with Gasteiger partial charge in [-0.25, -0.2) is 5.32 Å². The van der Waals surface area contributed by atoms with E-state index in [4.69, 9.17) is 4.74 Å². The molecule has 1 aliphatic heterocycles. The van der Waals surface area contributed by atoms with Crippen LogP contribution in [0.1, 0.15) is 5.56 Å². The van der Waals surface area contributed by atoms with Gasteiger partial charge in [-0.15, -0.1) is 0 Å². The van der Waals surface area contributed by atoms with Gasteiger partial charge in [0.05, 0.1) is 7.11 Å². The van der Waals surface area contributed by atoms with Gasteiger partial charge in [0.2, 0.25) is 5.88 Å². The van der Waals surface area contributed by atoms with E-state index in [1.807, 2.05) is 18.2 Å². The number of ether oxygens (including phenoxy) is 1. The molecule has 3 nitrogen and oxygen atoms in total. The van der Waals surface area contributed by atoms with Gasteiger partial charge in [-0.3, -0.25) is 0 Å². The highest BCUT2D eigenvalue weighted by atomic mass is 16.5. The predicted molar refractivity (Wildman–Crippen MR) is 41.6 cm³/mol. The molecule has 0 amide bonds. The molecule has 1 aromatic heterocycles. The zero-order valence-electron chi connectivity index (χ0n) is 6.11. The fourth-order valence-corrected chi connectivity index (χ4v) is 0.977. The molecule has 0 bridgehead atoms. The van der Waals surface area contributed by atoms with Gasteiger partial charge in [0.1, 0.15) is 0 Å². The van der Waals surface area contributed by atoms with Crippen LogP contribution in [-0.2, 0) is 0 Å². The van der Waals surface area contributed by atoms with Gasteiger partial charge in [0.25, 0.3) is 0 Å². The Hall–Kier alpha value is -1.51. The summed E-state index contributed by atoms with van der Waals surface area (Å²) in [4.78, 5) is 4.12. The second-order valence-electron chi connectivity index (χ2n) is 2.21. The number of pyridine rings is 1. The van der Waals surface area contributed by atoms with Gasteiger partial charge < -0.3 is 4.74 Å². The molecule has 1 radical (unpaired) electrons. The molecule has 0 saturated carbocycles. The molecule has 0 aromatic carbocycles. The summed E-state index contributed by atoms with van der Waals surface area (Å²) < 4.78 is 4.94. The van der Waals surface area contributed by atoms with Crippen molar-refractivity contribution < 1.29 is 4.74 Å². The summed E-state index contributed by atoms with van der Waals surface area (Å²) in [5, 5.41) is 4.04. The quantitative estimate of drug-likeness (QED) is 0.600. The molecule has 0 atom stereocenters. The molecule has 3 heteroatoms. The Morgan fingerprint density at radius 2 is 2.27 bits per heavy atom. The summed E-state index contributed by atoms with van der Waals surface area (Å²) >= 11 is 0. The third-order valence-electron chi connectivity index (χ3n) is 1.54. The maximum Gasteiger partial charge on any atom is 0.215 e. The molecular formula is C8H7N2O. The molecule has 0 saturated heterocycles. The standard InChI is InChI=1S/C8H7N2O/c1-11-7-3-2-6-4-5-9-8(6)10-7/h2-5H,1H3. The number of hydrogen-bond donors (Lipinski definition) is 0. The summed E-state index contributed by atoms with van der Waals surface area (Å²) in [5.41, 5.74) is 1.05. The lowest BCUT2D eigenvalue weighted by Crippen LogP contribution is -1.91. The summed E-state index contributed by atoms with van der Waals surface area (Å²) in [7, 11) is 1.59. The number of rotatable bonds is 1. The van der Waals surface area contributed by atoms with Crippen LogP contribution in [0.5, 0.6) is 5.88 Å². The average molecular weight is 147 g/mol. The molecule has 11 heavy (non-hydrogen) atoms. The third kappa shape index (κ3) is 0.941. The molecule has 1 aliphatic rings. The van der Waals surface area contributed by atoms with E-state index < -0.39 is 0 Å². The van der Waals surface area contributed by atoms with Crippen LogP contribution in [0.3, 0.4) is 0 Å². The number of nitrogens with zero attached hydrogens (tertiary/aromatic N) is 2. The zero-order chi connectivity index (χ0) is 7.68. The van der Waals surface area contributed by atoms with E-state index in [-0.39, 0.29) is 0 Å². The molecule has 2 rings (SSSR count). The molecule has 55 valence electrons. The van der Waals surface area contributed by atoms with E-state index in [2.05, 4.69) is 10.3 Å². The molecule has 1 aromatic rings. The first kappa shape index (κ1) is 6.22. The van der Waals surface area contributed by atoms with Crippen LogP contribution in [0, 0.1) is 0 Å². The fraction of sp³-hybridized carbons (Fsp3) is 0.125. The van der Waals surface area contributed by atoms with Gasteiger partial charge in [0.15, 0.2) is 5.82 Å². The Morgan fingerprint density at radius 3 is 3.09 bits per heavy atom. The minimum atomic E-state index is 0.608. The summed E-state index contributed by atoms with van der Waals surface area (Å²) in [6.07, 6.45) is 3.65. The normalized spacial score (nSPS) is 12.5. The van der Waals surface area contributed by atoms with E-state index >= 15 is 0 Å². The Labute approximate surface area is 64.7 Å². The van der Waals surface area contributed by atoms with Crippen LogP contribution >= 0.6 is 0 Å². The molecule has 0 spiro atoms. The first-order chi connectivity index (χ1) is 5.40. The van der Waals surface area contributed by atoms with Crippen molar-refractivity contribution in [2.24, 2.45) is 0 Å². The lowest BCUT2D eigenvalue weighted by molar-refractivity contribution is 0.398. The van der Waals surface area contributed by atoms with Crippen molar-refractivity contribution in [2.45, 2.75) is 0 Å². The minimum absolute atomic E-state index is 0.608. The lowest BCUT2D eigenvalue weighted by Gasteiger charge is -1.99. The van der Waals surface area contributed by atoms with Crippen LogP contribution in [0.4, 0.5) is 5.82 Å². The maximum absolute atomic E-state index is 4.94. The molecule has 0 N–H and O–H groups in total. The Morgan fingerprint density at radius 1 is 1.36 bits per heavy atom. The smallest absolute Gasteiger partial charge is 0.215 e. The van der Waals surface area contributed by atoms with E-state index in [9.17, 15) is 0 Å². The van der Waals surface area contributed by atoms with Crippen LogP contribution in [0.15, 0.2) is 18.3 Å². The van der Waals surface area contributed by atoms with E-state index in [1.165, 1.54) is 0 Å². The monoisotopic (exact) mass is 147 g/mol. The SMILES string of the molecule is COc1ccc2c(n1)[N]C=C2. The molecule has 2 heterocycles. The average Bonchev–Trinajstić information content (AvgIpc) is 2.50. The van der Waals surface area contributed by atoms with Crippen LogP contribution in [0.25, 0.3) is 6.08 Å². The van der Waals surface area contributed by atoms with Crippen LogP contribution < -0.4 is 10.1 Å². The number of methoxy groups -OCH3 is 1. The summed E-state index contributed by atoms with van der Waals surface area (Å²) in [5.74, 6) is 1.35. The Bertz CT molecular complexity index is 307. The number of fused-ring (bicyclic) bond motifs is 1. The maximum atomic E-state index is 4.94. The number of aromatic nitrogens is 1. The Balaban J connectivity index is 2.45. The third-order valence-corrected chi connectivity index (χ3v) is 1.54. The Kier molecular flexibility index (Phi) is 1.28. The zero-order valence-corrected chi connectivity index (χ0v) is 6.11. The predicted octanol–water partition coefficient (Wildman–Crippen LogP) is 1.31. The number of hydrogen-bond acceptors (Lipinski definition) is 2. The van der Waals surface area contributed by atoms with Gasteiger partial charge in [0, 0.05) is 17.8 Å². The van der Waals surface area contributed by atoms with Gasteiger partial charge >= 0.3 is 0 Å². The molecular weight excluding hydrogens is 140 g/mol.